The van der Waals surface area contributed by atoms with Crippen molar-refractivity contribution in [3.63, 3.8) is 0 Å². The average molecular weight is 381 g/mol. The van der Waals surface area contributed by atoms with Gasteiger partial charge in [0.05, 0.1) is 9.93 Å². The fourth-order valence-electron chi connectivity index (χ4n) is 2.01. The lowest BCUT2D eigenvalue weighted by Crippen LogP contribution is -2.23. The number of nitrogens with zero attached hydrogens (tertiary/aromatic N) is 1. The van der Waals surface area contributed by atoms with Crippen molar-refractivity contribution < 1.29 is 14.0 Å². The van der Waals surface area contributed by atoms with E-state index in [2.05, 4.69) is 10.3 Å². The van der Waals surface area contributed by atoms with Crippen molar-refractivity contribution in [2.75, 3.05) is 0 Å². The summed E-state index contributed by atoms with van der Waals surface area (Å²) >= 11 is 13.1. The van der Waals surface area contributed by atoms with Gasteiger partial charge in [0.15, 0.2) is 5.17 Å². The minimum atomic E-state index is -0.425. The van der Waals surface area contributed by atoms with Gasteiger partial charge in [0.1, 0.15) is 11.5 Å². The summed E-state index contributed by atoms with van der Waals surface area (Å²) in [5.74, 6) is 0.326. The first-order valence-electron chi connectivity index (χ1n) is 6.78. The standard InChI is InChI=1S/C16H10Cl2N2O3S/c1-8(21)19-16-20-15(22)14(24-16)7-10-3-5-13(23-10)11-4-2-9(17)6-12(11)18/h2-7H,1H3,(H,19,20,21,22)/b14-7+. The Balaban J connectivity index is 1.82. The average Bonchev–Trinajstić information content (AvgIpc) is 3.06. The zero-order valence-electron chi connectivity index (χ0n) is 12.3. The fourth-order valence-corrected chi connectivity index (χ4v) is 3.35. The van der Waals surface area contributed by atoms with E-state index in [0.717, 1.165) is 11.8 Å². The second-order valence-corrected chi connectivity index (χ2v) is 6.71. The van der Waals surface area contributed by atoms with Crippen LogP contribution in [0.5, 0.6) is 0 Å². The lowest BCUT2D eigenvalue weighted by atomic mass is 10.2. The number of hydrogen-bond donors (Lipinski definition) is 1. The number of amides is 2. The Kier molecular flexibility index (Phi) is 4.80. The summed E-state index contributed by atoms with van der Waals surface area (Å²) in [6.45, 7) is 1.35. The Morgan fingerprint density at radius 3 is 2.79 bits per heavy atom. The van der Waals surface area contributed by atoms with Gasteiger partial charge in [-0.25, -0.2) is 0 Å². The van der Waals surface area contributed by atoms with E-state index in [1.54, 1.807) is 36.4 Å². The minimum Gasteiger partial charge on any atom is -0.457 e. The largest absolute Gasteiger partial charge is 0.457 e. The molecule has 2 heterocycles. The molecule has 0 aliphatic carbocycles. The molecule has 1 aliphatic rings. The molecule has 0 radical (unpaired) electrons. The van der Waals surface area contributed by atoms with Crippen LogP contribution in [-0.4, -0.2) is 17.0 Å². The van der Waals surface area contributed by atoms with E-state index in [-0.39, 0.29) is 11.1 Å². The van der Waals surface area contributed by atoms with Crippen molar-refractivity contribution in [3.8, 4) is 11.3 Å². The van der Waals surface area contributed by atoms with E-state index < -0.39 is 5.91 Å². The molecule has 0 atom stereocenters. The molecule has 0 bridgehead atoms. The maximum Gasteiger partial charge on any atom is 0.286 e. The van der Waals surface area contributed by atoms with Gasteiger partial charge in [0.2, 0.25) is 5.91 Å². The van der Waals surface area contributed by atoms with Gasteiger partial charge in [0.25, 0.3) is 5.91 Å². The first-order valence-corrected chi connectivity index (χ1v) is 8.35. The number of carbonyl (C=O) groups is 2. The molecule has 2 aromatic rings. The monoisotopic (exact) mass is 380 g/mol. The van der Waals surface area contributed by atoms with E-state index in [4.69, 9.17) is 27.6 Å². The van der Waals surface area contributed by atoms with Crippen LogP contribution in [0.4, 0.5) is 0 Å². The van der Waals surface area contributed by atoms with E-state index in [0.29, 0.717) is 32.0 Å². The van der Waals surface area contributed by atoms with Gasteiger partial charge in [0, 0.05) is 23.6 Å². The molecule has 0 unspecified atom stereocenters. The highest BCUT2D eigenvalue weighted by molar-refractivity contribution is 8.18. The quantitative estimate of drug-likeness (QED) is 0.785. The van der Waals surface area contributed by atoms with Crippen LogP contribution in [0, 0.1) is 0 Å². The van der Waals surface area contributed by atoms with Crippen molar-refractivity contribution in [2.45, 2.75) is 6.92 Å². The normalized spacial score (nSPS) is 15.7. The highest BCUT2D eigenvalue weighted by Gasteiger charge is 2.23. The smallest absolute Gasteiger partial charge is 0.286 e. The molecule has 8 heteroatoms. The van der Waals surface area contributed by atoms with Gasteiger partial charge in [-0.2, -0.15) is 4.99 Å². The zero-order chi connectivity index (χ0) is 17.3. The number of halogens is 2. The molecule has 0 saturated carbocycles. The van der Waals surface area contributed by atoms with Gasteiger partial charge in [-0.15, -0.1) is 0 Å². The topological polar surface area (TPSA) is 71.7 Å². The van der Waals surface area contributed by atoms with Crippen LogP contribution in [0.3, 0.4) is 0 Å². The predicted octanol–water partition coefficient (Wildman–Crippen LogP) is 4.36. The zero-order valence-corrected chi connectivity index (χ0v) is 14.6. The number of hydrogen-bond acceptors (Lipinski definition) is 4. The molecule has 0 fully saturated rings. The summed E-state index contributed by atoms with van der Waals surface area (Å²) in [5, 5.41) is 3.75. The SMILES string of the molecule is CC(=O)NC1=NC(=O)/C(=C\c2ccc(-c3ccc(Cl)cc3Cl)o2)S1. The summed E-state index contributed by atoms with van der Waals surface area (Å²) in [6, 6.07) is 8.57. The van der Waals surface area contributed by atoms with Gasteiger partial charge >= 0.3 is 0 Å². The van der Waals surface area contributed by atoms with Crippen LogP contribution in [0.2, 0.25) is 10.0 Å². The number of nitrogens with one attached hydrogen (secondary N) is 1. The number of rotatable bonds is 2. The van der Waals surface area contributed by atoms with E-state index in [1.165, 1.54) is 6.92 Å². The first kappa shape index (κ1) is 16.8. The Labute approximate surface area is 151 Å². The molecule has 0 spiro atoms. The molecular weight excluding hydrogens is 371 g/mol. The third-order valence-corrected chi connectivity index (χ3v) is 4.45. The van der Waals surface area contributed by atoms with Crippen LogP contribution in [0.15, 0.2) is 44.6 Å². The first-order chi connectivity index (χ1) is 11.4. The number of amidine groups is 1. The molecule has 1 aromatic heterocycles. The van der Waals surface area contributed by atoms with Crippen molar-refractivity contribution in [2.24, 2.45) is 4.99 Å². The van der Waals surface area contributed by atoms with Crippen LogP contribution >= 0.6 is 35.0 Å². The third-order valence-electron chi connectivity index (χ3n) is 3.00. The number of aliphatic imine (C=N–C) groups is 1. The second kappa shape index (κ2) is 6.84. The van der Waals surface area contributed by atoms with Crippen LogP contribution in [-0.2, 0) is 9.59 Å². The molecule has 24 heavy (non-hydrogen) atoms. The number of thioether (sulfide) groups is 1. The highest BCUT2D eigenvalue weighted by atomic mass is 35.5. The van der Waals surface area contributed by atoms with Crippen molar-refractivity contribution >= 4 is 58.0 Å². The maximum atomic E-state index is 11.8. The Morgan fingerprint density at radius 2 is 2.08 bits per heavy atom. The van der Waals surface area contributed by atoms with Crippen molar-refractivity contribution in [1.29, 1.82) is 0 Å². The summed E-state index contributed by atoms with van der Waals surface area (Å²) in [7, 11) is 0. The lowest BCUT2D eigenvalue weighted by molar-refractivity contribution is -0.117. The number of benzene rings is 1. The van der Waals surface area contributed by atoms with Gasteiger partial charge in [-0.3, -0.25) is 9.59 Å². The van der Waals surface area contributed by atoms with Crippen LogP contribution in [0.25, 0.3) is 17.4 Å². The summed E-state index contributed by atoms with van der Waals surface area (Å²) in [6.07, 6.45) is 1.57. The molecule has 5 nitrogen and oxygen atoms in total. The third kappa shape index (κ3) is 3.72. The second-order valence-electron chi connectivity index (χ2n) is 4.84. The number of furan rings is 1. The van der Waals surface area contributed by atoms with Crippen molar-refractivity contribution in [1.82, 2.24) is 5.32 Å². The van der Waals surface area contributed by atoms with E-state index in [9.17, 15) is 9.59 Å². The molecule has 2 amide bonds. The lowest BCUT2D eigenvalue weighted by Gasteiger charge is -2.01. The van der Waals surface area contributed by atoms with E-state index >= 15 is 0 Å². The molecule has 1 aliphatic heterocycles. The van der Waals surface area contributed by atoms with Gasteiger partial charge in [-0.1, -0.05) is 23.2 Å². The molecule has 1 aromatic carbocycles. The Bertz CT molecular complexity index is 902. The maximum absolute atomic E-state index is 11.8. The highest BCUT2D eigenvalue weighted by Crippen LogP contribution is 2.33. The van der Waals surface area contributed by atoms with Gasteiger partial charge in [-0.05, 0) is 42.1 Å². The van der Waals surface area contributed by atoms with Crippen LogP contribution < -0.4 is 5.32 Å². The summed E-state index contributed by atoms with van der Waals surface area (Å²) in [5.41, 5.74) is 0.700. The van der Waals surface area contributed by atoms with Gasteiger partial charge < -0.3 is 9.73 Å². The summed E-state index contributed by atoms with van der Waals surface area (Å²) < 4.78 is 5.71. The minimum absolute atomic E-state index is 0.256. The summed E-state index contributed by atoms with van der Waals surface area (Å²) in [4.78, 5) is 27.0. The molecule has 3 rings (SSSR count). The molecule has 0 saturated heterocycles. The molecule has 122 valence electrons. The van der Waals surface area contributed by atoms with Crippen LogP contribution in [0.1, 0.15) is 12.7 Å². The Hall–Kier alpha value is -2.02. The molecular formula is C16H10Cl2N2O3S. The van der Waals surface area contributed by atoms with E-state index in [1.807, 2.05) is 0 Å². The predicted molar refractivity (Wildman–Crippen MR) is 96.0 cm³/mol. The Morgan fingerprint density at radius 1 is 1.29 bits per heavy atom. The fraction of sp³-hybridized carbons (Fsp3) is 0.0625. The molecule has 1 N–H and O–H groups in total. The number of carbonyl (C=O) groups excluding carboxylic acids is 2. The van der Waals surface area contributed by atoms with Crippen molar-refractivity contribution in [3.05, 3.63) is 51.0 Å².